The van der Waals surface area contributed by atoms with Crippen molar-refractivity contribution in [3.63, 3.8) is 0 Å². The van der Waals surface area contributed by atoms with Crippen LogP contribution < -0.4 is 5.56 Å². The largest absolute Gasteiger partial charge is 0.331 e. The maximum absolute atomic E-state index is 13.7. The lowest BCUT2D eigenvalue weighted by Gasteiger charge is -2.07. The number of rotatable bonds is 2. The van der Waals surface area contributed by atoms with E-state index in [9.17, 15) is 13.6 Å². The molecular weight excluding hydrogens is 302 g/mol. The minimum Gasteiger partial charge on any atom is -0.331 e. The number of fused-ring (bicyclic) bond motifs is 1. The van der Waals surface area contributed by atoms with E-state index in [0.717, 1.165) is 12.1 Å². The SMILES string of the molecule is O=c1c2sccc2[nH]c(=S)n1Cc1ccc(F)cc1F. The van der Waals surface area contributed by atoms with Crippen LogP contribution in [0, 0.1) is 16.4 Å². The summed E-state index contributed by atoms with van der Waals surface area (Å²) < 4.78 is 28.5. The van der Waals surface area contributed by atoms with Gasteiger partial charge in [-0.3, -0.25) is 9.36 Å². The number of H-pyrrole nitrogens is 1. The molecule has 20 heavy (non-hydrogen) atoms. The van der Waals surface area contributed by atoms with Crippen molar-refractivity contribution < 1.29 is 8.78 Å². The third kappa shape index (κ3) is 2.19. The Morgan fingerprint density at radius 3 is 2.85 bits per heavy atom. The number of benzene rings is 1. The molecule has 0 unspecified atom stereocenters. The van der Waals surface area contributed by atoms with Gasteiger partial charge in [-0.25, -0.2) is 8.78 Å². The molecule has 7 heteroatoms. The summed E-state index contributed by atoms with van der Waals surface area (Å²) in [6.07, 6.45) is 0. The van der Waals surface area contributed by atoms with Crippen molar-refractivity contribution in [3.8, 4) is 0 Å². The van der Waals surface area contributed by atoms with Crippen molar-refractivity contribution in [1.29, 1.82) is 0 Å². The molecule has 0 bridgehead atoms. The van der Waals surface area contributed by atoms with Crippen LogP contribution in [-0.4, -0.2) is 9.55 Å². The second-order valence-electron chi connectivity index (χ2n) is 4.22. The number of hydrogen-bond donors (Lipinski definition) is 1. The number of hydrogen-bond acceptors (Lipinski definition) is 3. The van der Waals surface area contributed by atoms with Crippen LogP contribution in [0.25, 0.3) is 10.2 Å². The van der Waals surface area contributed by atoms with Crippen molar-refractivity contribution in [2.75, 3.05) is 0 Å². The molecule has 0 atom stereocenters. The van der Waals surface area contributed by atoms with Gasteiger partial charge in [0, 0.05) is 11.6 Å². The summed E-state index contributed by atoms with van der Waals surface area (Å²) in [6.45, 7) is -0.0336. The van der Waals surface area contributed by atoms with Crippen LogP contribution in [-0.2, 0) is 6.54 Å². The van der Waals surface area contributed by atoms with Crippen LogP contribution in [0.3, 0.4) is 0 Å². The fraction of sp³-hybridized carbons (Fsp3) is 0.0769. The third-order valence-corrected chi connectivity index (χ3v) is 4.16. The fourth-order valence-corrected chi connectivity index (χ4v) is 2.99. The van der Waals surface area contributed by atoms with Crippen molar-refractivity contribution >= 4 is 33.8 Å². The van der Waals surface area contributed by atoms with E-state index in [2.05, 4.69) is 4.98 Å². The first-order chi connectivity index (χ1) is 9.56. The van der Waals surface area contributed by atoms with E-state index in [1.54, 1.807) is 11.4 Å². The van der Waals surface area contributed by atoms with Crippen LogP contribution in [0.4, 0.5) is 8.78 Å². The Hall–Kier alpha value is -1.86. The fourth-order valence-electron chi connectivity index (χ4n) is 1.93. The topological polar surface area (TPSA) is 37.8 Å². The minimum absolute atomic E-state index is 0.0336. The van der Waals surface area contributed by atoms with E-state index in [0.29, 0.717) is 10.2 Å². The second kappa shape index (κ2) is 4.92. The van der Waals surface area contributed by atoms with Crippen LogP contribution in [0.2, 0.25) is 0 Å². The quantitative estimate of drug-likeness (QED) is 0.736. The molecule has 1 N–H and O–H groups in total. The normalized spacial score (nSPS) is 11.1. The summed E-state index contributed by atoms with van der Waals surface area (Å²) in [5.41, 5.74) is 0.604. The smallest absolute Gasteiger partial charge is 0.272 e. The molecule has 0 amide bonds. The van der Waals surface area contributed by atoms with Crippen LogP contribution in [0.15, 0.2) is 34.4 Å². The molecule has 0 aliphatic heterocycles. The molecule has 102 valence electrons. The molecule has 3 nitrogen and oxygen atoms in total. The van der Waals surface area contributed by atoms with Crippen LogP contribution in [0.5, 0.6) is 0 Å². The van der Waals surface area contributed by atoms with Gasteiger partial charge in [-0.1, -0.05) is 6.07 Å². The summed E-state index contributed by atoms with van der Waals surface area (Å²) in [6, 6.07) is 5.02. The Kier molecular flexibility index (Phi) is 3.23. The van der Waals surface area contributed by atoms with E-state index in [1.807, 2.05) is 0 Å². The van der Waals surface area contributed by atoms with Gasteiger partial charge in [0.15, 0.2) is 4.77 Å². The Balaban J connectivity index is 2.15. The number of nitrogens with zero attached hydrogens (tertiary/aromatic N) is 1. The van der Waals surface area contributed by atoms with Gasteiger partial charge in [0.1, 0.15) is 16.3 Å². The average Bonchev–Trinajstić information content (AvgIpc) is 2.85. The number of aromatic nitrogens is 2. The average molecular weight is 310 g/mol. The highest BCUT2D eigenvalue weighted by atomic mass is 32.1. The summed E-state index contributed by atoms with van der Waals surface area (Å²) >= 11 is 6.41. The molecule has 3 aromatic rings. The highest BCUT2D eigenvalue weighted by molar-refractivity contribution is 7.71. The van der Waals surface area contributed by atoms with E-state index in [4.69, 9.17) is 12.2 Å². The van der Waals surface area contributed by atoms with Gasteiger partial charge in [-0.05, 0) is 29.7 Å². The molecule has 0 radical (unpaired) electrons. The second-order valence-corrected chi connectivity index (χ2v) is 5.52. The summed E-state index contributed by atoms with van der Waals surface area (Å²) in [5.74, 6) is -1.35. The van der Waals surface area contributed by atoms with Crippen molar-refractivity contribution in [2.45, 2.75) is 6.54 Å². The maximum atomic E-state index is 13.7. The predicted octanol–water partition coefficient (Wildman–Crippen LogP) is 3.45. The summed E-state index contributed by atoms with van der Waals surface area (Å²) in [4.78, 5) is 15.2. The Morgan fingerprint density at radius 2 is 2.10 bits per heavy atom. The highest BCUT2D eigenvalue weighted by Crippen LogP contribution is 2.15. The summed E-state index contributed by atoms with van der Waals surface area (Å²) in [5, 5.41) is 1.78. The van der Waals surface area contributed by atoms with Gasteiger partial charge in [0.2, 0.25) is 0 Å². The zero-order valence-electron chi connectivity index (χ0n) is 10.0. The van der Waals surface area contributed by atoms with Gasteiger partial charge in [-0.2, -0.15) is 0 Å². The van der Waals surface area contributed by atoms with E-state index < -0.39 is 11.6 Å². The molecular formula is C13H8F2N2OS2. The Morgan fingerprint density at radius 1 is 1.30 bits per heavy atom. The van der Waals surface area contributed by atoms with E-state index >= 15 is 0 Å². The van der Waals surface area contributed by atoms with Crippen LogP contribution >= 0.6 is 23.6 Å². The molecule has 2 heterocycles. The van der Waals surface area contributed by atoms with Crippen molar-refractivity contribution in [1.82, 2.24) is 9.55 Å². The van der Waals surface area contributed by atoms with Gasteiger partial charge in [0.05, 0.1) is 12.1 Å². The van der Waals surface area contributed by atoms with E-state index in [-0.39, 0.29) is 22.4 Å². The molecule has 3 rings (SSSR count). The Bertz CT molecular complexity index is 911. The zero-order chi connectivity index (χ0) is 14.3. The molecule has 0 aliphatic carbocycles. The zero-order valence-corrected chi connectivity index (χ0v) is 11.7. The predicted molar refractivity (Wildman–Crippen MR) is 76.7 cm³/mol. The number of nitrogens with one attached hydrogen (secondary N) is 1. The first kappa shape index (κ1) is 13.1. The molecule has 2 aromatic heterocycles. The molecule has 0 saturated carbocycles. The van der Waals surface area contributed by atoms with Gasteiger partial charge < -0.3 is 4.98 Å². The monoisotopic (exact) mass is 310 g/mol. The lowest BCUT2D eigenvalue weighted by Crippen LogP contribution is -2.22. The van der Waals surface area contributed by atoms with Gasteiger partial charge >= 0.3 is 0 Å². The molecule has 0 saturated heterocycles. The number of thiophene rings is 1. The van der Waals surface area contributed by atoms with Crippen molar-refractivity contribution in [3.05, 3.63) is 62.0 Å². The molecule has 1 aromatic carbocycles. The van der Waals surface area contributed by atoms with Gasteiger partial charge in [-0.15, -0.1) is 11.3 Å². The molecule has 0 fully saturated rings. The summed E-state index contributed by atoms with van der Waals surface area (Å²) in [7, 11) is 0. The lowest BCUT2D eigenvalue weighted by molar-refractivity contribution is 0.563. The lowest BCUT2D eigenvalue weighted by atomic mass is 10.2. The first-order valence-corrected chi connectivity index (χ1v) is 6.99. The minimum atomic E-state index is -0.697. The third-order valence-electron chi connectivity index (χ3n) is 2.93. The molecule has 0 spiro atoms. The number of aromatic amines is 1. The van der Waals surface area contributed by atoms with E-state index in [1.165, 1.54) is 22.0 Å². The van der Waals surface area contributed by atoms with Crippen molar-refractivity contribution in [2.24, 2.45) is 0 Å². The van der Waals surface area contributed by atoms with Crippen LogP contribution in [0.1, 0.15) is 5.56 Å². The number of halogens is 2. The first-order valence-electron chi connectivity index (χ1n) is 5.70. The maximum Gasteiger partial charge on any atom is 0.272 e. The Labute approximate surface area is 121 Å². The molecule has 0 aliphatic rings. The standard InChI is InChI=1S/C13H8F2N2OS2/c14-8-2-1-7(9(15)5-8)6-17-12(18)11-10(3-4-20-11)16-13(17)19/h1-5H,6H2,(H,16,19). The highest BCUT2D eigenvalue weighted by Gasteiger charge is 2.10. The van der Waals surface area contributed by atoms with Gasteiger partial charge in [0.25, 0.3) is 5.56 Å².